The number of fused-ring (bicyclic) bond motifs is 1. The van der Waals surface area contributed by atoms with Gasteiger partial charge < -0.3 is 0 Å². The van der Waals surface area contributed by atoms with Crippen LogP contribution in [0.25, 0.3) is 5.65 Å². The molecule has 2 heterocycles. The summed E-state index contributed by atoms with van der Waals surface area (Å²) in [6.45, 7) is 3.89. The summed E-state index contributed by atoms with van der Waals surface area (Å²) in [5.41, 5.74) is 2.39. The molecule has 0 amide bonds. The van der Waals surface area contributed by atoms with E-state index in [4.69, 9.17) is 5.26 Å². The van der Waals surface area contributed by atoms with Gasteiger partial charge >= 0.3 is 5.69 Å². The molecule has 0 aromatic carbocycles. The second-order valence-electron chi connectivity index (χ2n) is 3.35. The Morgan fingerprint density at radius 1 is 1.67 bits per heavy atom. The normalized spacial score (nSPS) is 10.5. The Morgan fingerprint density at radius 3 is 3.00 bits per heavy atom. The fourth-order valence-corrected chi connectivity index (χ4v) is 1.78. The third kappa shape index (κ3) is 1.31. The van der Waals surface area contributed by atoms with Crippen LogP contribution in [-0.2, 0) is 6.42 Å². The minimum absolute atomic E-state index is 0.407. The average molecular weight is 202 g/mol. The van der Waals surface area contributed by atoms with Crippen molar-refractivity contribution in [1.29, 1.82) is 5.26 Å². The lowest BCUT2D eigenvalue weighted by atomic mass is 10.0. The third-order valence-corrected chi connectivity index (χ3v) is 2.44. The van der Waals surface area contributed by atoms with Gasteiger partial charge in [0.25, 0.3) is 0 Å². The van der Waals surface area contributed by atoms with Gasteiger partial charge in [-0.15, -0.1) is 0 Å². The van der Waals surface area contributed by atoms with Crippen LogP contribution in [0, 0.1) is 18.3 Å². The molecule has 2 rings (SSSR count). The molecule has 0 saturated heterocycles. The lowest BCUT2D eigenvalue weighted by Gasteiger charge is -2.06. The van der Waals surface area contributed by atoms with Gasteiger partial charge in [0.2, 0.25) is 0 Å². The van der Waals surface area contributed by atoms with Crippen molar-refractivity contribution in [2.24, 2.45) is 0 Å². The number of pyridine rings is 1. The van der Waals surface area contributed by atoms with Crippen LogP contribution in [0.4, 0.5) is 0 Å². The summed E-state index contributed by atoms with van der Waals surface area (Å²) < 4.78 is 1.50. The largest absolute Gasteiger partial charge is 0.362 e. The number of H-pyrrole nitrogens is 1. The first-order chi connectivity index (χ1) is 7.17. The van der Waals surface area contributed by atoms with Crippen molar-refractivity contribution in [2.45, 2.75) is 20.3 Å². The molecule has 0 saturated carbocycles. The Kier molecular flexibility index (Phi) is 2.05. The van der Waals surface area contributed by atoms with E-state index in [2.05, 4.69) is 16.2 Å². The molecule has 0 bridgehead atoms. The van der Waals surface area contributed by atoms with E-state index < -0.39 is 5.69 Å². The molecule has 2 aromatic rings. The molecule has 76 valence electrons. The Labute approximate surface area is 86.0 Å². The molecular formula is C10H10N4O. The maximum atomic E-state index is 11.1. The van der Waals surface area contributed by atoms with Crippen molar-refractivity contribution in [3.05, 3.63) is 33.4 Å². The van der Waals surface area contributed by atoms with Crippen LogP contribution >= 0.6 is 0 Å². The van der Waals surface area contributed by atoms with Gasteiger partial charge in [-0.05, 0) is 24.5 Å². The summed E-state index contributed by atoms with van der Waals surface area (Å²) in [5.74, 6) is 0. The first kappa shape index (κ1) is 9.46. The van der Waals surface area contributed by atoms with Crippen molar-refractivity contribution in [1.82, 2.24) is 14.6 Å². The molecule has 0 aliphatic rings. The van der Waals surface area contributed by atoms with Gasteiger partial charge in [0.15, 0.2) is 5.65 Å². The molecule has 0 atom stereocenters. The molecule has 5 heteroatoms. The van der Waals surface area contributed by atoms with Gasteiger partial charge in [0.1, 0.15) is 11.6 Å². The van der Waals surface area contributed by atoms with Crippen LogP contribution in [0.5, 0.6) is 0 Å². The maximum absolute atomic E-state index is 11.1. The lowest BCUT2D eigenvalue weighted by Crippen LogP contribution is -2.02. The third-order valence-electron chi connectivity index (χ3n) is 2.44. The minimum Gasteiger partial charge on any atom is -0.244 e. The van der Waals surface area contributed by atoms with Gasteiger partial charge in [-0.2, -0.15) is 10.2 Å². The van der Waals surface area contributed by atoms with Crippen LogP contribution < -0.4 is 5.69 Å². The Bertz CT molecular complexity index is 615. The number of hydrogen-bond donors (Lipinski definition) is 1. The highest BCUT2D eigenvalue weighted by Crippen LogP contribution is 2.17. The van der Waals surface area contributed by atoms with Crippen molar-refractivity contribution in [3.8, 4) is 6.07 Å². The number of aryl methyl sites for hydroxylation is 1. The van der Waals surface area contributed by atoms with Crippen LogP contribution in [0.1, 0.15) is 23.6 Å². The molecule has 0 radical (unpaired) electrons. The zero-order valence-electron chi connectivity index (χ0n) is 8.53. The van der Waals surface area contributed by atoms with Gasteiger partial charge in [-0.25, -0.2) is 14.4 Å². The number of rotatable bonds is 1. The molecule has 2 aromatic heterocycles. The molecule has 1 N–H and O–H groups in total. The predicted octanol–water partition coefficient (Wildman–Crippen LogP) is 0.765. The second-order valence-corrected chi connectivity index (χ2v) is 3.35. The fourth-order valence-electron chi connectivity index (χ4n) is 1.78. The van der Waals surface area contributed by atoms with E-state index >= 15 is 0 Å². The SMILES string of the molecule is CCc1c(C)cn2[nH]c(=O)nc2c1C#N. The maximum Gasteiger partial charge on any atom is 0.362 e. The summed E-state index contributed by atoms with van der Waals surface area (Å²) >= 11 is 0. The first-order valence-electron chi connectivity index (χ1n) is 4.68. The zero-order valence-corrected chi connectivity index (χ0v) is 8.53. The van der Waals surface area contributed by atoms with Crippen molar-refractivity contribution in [2.75, 3.05) is 0 Å². The van der Waals surface area contributed by atoms with Crippen LogP contribution in [0.3, 0.4) is 0 Å². The molecule has 0 spiro atoms. The molecule has 0 aliphatic carbocycles. The van der Waals surface area contributed by atoms with Crippen molar-refractivity contribution < 1.29 is 0 Å². The topological polar surface area (TPSA) is 73.9 Å². The Morgan fingerprint density at radius 2 is 2.40 bits per heavy atom. The highest BCUT2D eigenvalue weighted by atomic mass is 16.1. The van der Waals surface area contributed by atoms with E-state index in [1.54, 1.807) is 6.20 Å². The quantitative estimate of drug-likeness (QED) is 0.742. The number of nitrogens with zero attached hydrogens (tertiary/aromatic N) is 3. The van der Waals surface area contributed by atoms with Gasteiger partial charge in [0.05, 0.1) is 0 Å². The lowest BCUT2D eigenvalue weighted by molar-refractivity contribution is 0.914. The summed E-state index contributed by atoms with van der Waals surface area (Å²) in [4.78, 5) is 14.8. The molecule has 0 aliphatic heterocycles. The predicted molar refractivity (Wildman–Crippen MR) is 54.6 cm³/mol. The average Bonchev–Trinajstić information content (AvgIpc) is 2.55. The second kappa shape index (κ2) is 3.24. The van der Waals surface area contributed by atoms with E-state index in [-0.39, 0.29) is 0 Å². The van der Waals surface area contributed by atoms with Crippen molar-refractivity contribution >= 4 is 5.65 Å². The summed E-state index contributed by atoms with van der Waals surface area (Å²) in [7, 11) is 0. The highest BCUT2D eigenvalue weighted by molar-refractivity contribution is 5.60. The Balaban J connectivity index is 2.98. The first-order valence-corrected chi connectivity index (χ1v) is 4.68. The van der Waals surface area contributed by atoms with E-state index in [9.17, 15) is 4.79 Å². The molecule has 0 fully saturated rings. The van der Waals surface area contributed by atoms with E-state index in [0.717, 1.165) is 17.5 Å². The number of aromatic nitrogens is 3. The van der Waals surface area contributed by atoms with Crippen LogP contribution in [-0.4, -0.2) is 14.6 Å². The Hall–Kier alpha value is -2.09. The summed E-state index contributed by atoms with van der Waals surface area (Å²) in [6, 6.07) is 2.10. The summed E-state index contributed by atoms with van der Waals surface area (Å²) in [6.07, 6.45) is 2.54. The van der Waals surface area contributed by atoms with E-state index in [0.29, 0.717) is 11.2 Å². The number of hydrogen-bond acceptors (Lipinski definition) is 3. The molecule has 15 heavy (non-hydrogen) atoms. The molecule has 5 nitrogen and oxygen atoms in total. The van der Waals surface area contributed by atoms with Gasteiger partial charge in [-0.1, -0.05) is 6.92 Å². The zero-order chi connectivity index (χ0) is 11.0. The van der Waals surface area contributed by atoms with Crippen LogP contribution in [0.2, 0.25) is 0 Å². The van der Waals surface area contributed by atoms with E-state index in [1.165, 1.54) is 4.52 Å². The number of nitrogens with one attached hydrogen (secondary N) is 1. The smallest absolute Gasteiger partial charge is 0.244 e. The van der Waals surface area contributed by atoms with Crippen molar-refractivity contribution in [3.63, 3.8) is 0 Å². The number of aromatic amines is 1. The number of nitriles is 1. The fraction of sp³-hybridized carbons (Fsp3) is 0.300. The van der Waals surface area contributed by atoms with Crippen LogP contribution in [0.15, 0.2) is 11.0 Å². The summed E-state index contributed by atoms with van der Waals surface area (Å²) in [5, 5.41) is 11.6. The standard InChI is InChI=1S/C10H10N4O/c1-3-7-6(2)5-14-9(8(7)4-11)12-10(15)13-14/h5H,3H2,1-2H3,(H,13,15). The van der Waals surface area contributed by atoms with Gasteiger partial charge in [-0.3, -0.25) is 0 Å². The molecular weight excluding hydrogens is 192 g/mol. The highest BCUT2D eigenvalue weighted by Gasteiger charge is 2.11. The molecule has 0 unspecified atom stereocenters. The monoisotopic (exact) mass is 202 g/mol. The van der Waals surface area contributed by atoms with E-state index in [1.807, 2.05) is 13.8 Å². The minimum atomic E-state index is -0.431. The van der Waals surface area contributed by atoms with Gasteiger partial charge in [0, 0.05) is 6.20 Å².